The van der Waals surface area contributed by atoms with Crippen LogP contribution in [-0.2, 0) is 9.53 Å². The Balaban J connectivity index is 1.77. The van der Waals surface area contributed by atoms with Crippen molar-refractivity contribution in [2.75, 3.05) is 13.1 Å². The number of hydrogen-bond acceptors (Lipinski definition) is 3. The van der Waals surface area contributed by atoms with Crippen LogP contribution in [0.3, 0.4) is 0 Å². The molecule has 2 fully saturated rings. The van der Waals surface area contributed by atoms with E-state index < -0.39 is 0 Å². The van der Waals surface area contributed by atoms with E-state index >= 15 is 0 Å². The second kappa shape index (κ2) is 5.83. The summed E-state index contributed by atoms with van der Waals surface area (Å²) in [7, 11) is 0. The molecule has 17 heavy (non-hydrogen) atoms. The smallest absolute Gasteiger partial charge is 0.249 e. The number of carbonyl (C=O) groups is 1. The Morgan fingerprint density at radius 3 is 2.59 bits per heavy atom. The van der Waals surface area contributed by atoms with Crippen LogP contribution >= 0.6 is 0 Å². The second-order valence-electron chi connectivity index (χ2n) is 5.40. The van der Waals surface area contributed by atoms with Crippen LogP contribution in [0.1, 0.15) is 39.5 Å². The SMILES string of the molecule is CC1CCC(C(=O)NC(C)C2CCNCC2)O1. The summed E-state index contributed by atoms with van der Waals surface area (Å²) >= 11 is 0. The largest absolute Gasteiger partial charge is 0.365 e. The lowest BCUT2D eigenvalue weighted by atomic mass is 9.91. The predicted molar refractivity (Wildman–Crippen MR) is 66.8 cm³/mol. The Labute approximate surface area is 103 Å². The summed E-state index contributed by atoms with van der Waals surface area (Å²) in [6.45, 7) is 6.29. The zero-order valence-electron chi connectivity index (χ0n) is 10.9. The fourth-order valence-electron chi connectivity index (χ4n) is 2.77. The van der Waals surface area contributed by atoms with E-state index in [1.807, 2.05) is 6.92 Å². The van der Waals surface area contributed by atoms with Gasteiger partial charge in [0.15, 0.2) is 0 Å². The molecule has 98 valence electrons. The average molecular weight is 240 g/mol. The second-order valence-corrected chi connectivity index (χ2v) is 5.40. The highest BCUT2D eigenvalue weighted by Crippen LogP contribution is 2.20. The topological polar surface area (TPSA) is 50.4 Å². The van der Waals surface area contributed by atoms with Gasteiger partial charge in [-0.05, 0) is 58.5 Å². The molecule has 2 N–H and O–H groups in total. The molecule has 0 bridgehead atoms. The van der Waals surface area contributed by atoms with Crippen molar-refractivity contribution in [3.63, 3.8) is 0 Å². The van der Waals surface area contributed by atoms with Gasteiger partial charge in [-0.3, -0.25) is 4.79 Å². The highest BCUT2D eigenvalue weighted by molar-refractivity contribution is 5.81. The highest BCUT2D eigenvalue weighted by atomic mass is 16.5. The number of amides is 1. The van der Waals surface area contributed by atoms with Gasteiger partial charge in [0.1, 0.15) is 6.10 Å². The first-order valence-corrected chi connectivity index (χ1v) is 6.83. The highest BCUT2D eigenvalue weighted by Gasteiger charge is 2.30. The van der Waals surface area contributed by atoms with Gasteiger partial charge in [0.25, 0.3) is 0 Å². The third-order valence-corrected chi connectivity index (χ3v) is 3.99. The van der Waals surface area contributed by atoms with E-state index in [9.17, 15) is 4.79 Å². The molecule has 0 radical (unpaired) electrons. The Kier molecular flexibility index (Phi) is 4.40. The first kappa shape index (κ1) is 12.8. The van der Waals surface area contributed by atoms with Gasteiger partial charge in [-0.1, -0.05) is 0 Å². The van der Waals surface area contributed by atoms with Crippen molar-refractivity contribution in [1.29, 1.82) is 0 Å². The van der Waals surface area contributed by atoms with Crippen molar-refractivity contribution in [2.24, 2.45) is 5.92 Å². The number of rotatable bonds is 3. The first-order chi connectivity index (χ1) is 8.16. The minimum Gasteiger partial charge on any atom is -0.365 e. The van der Waals surface area contributed by atoms with Crippen LogP contribution in [-0.4, -0.2) is 37.2 Å². The molecular formula is C13H24N2O2. The van der Waals surface area contributed by atoms with Crippen LogP contribution in [0.4, 0.5) is 0 Å². The molecule has 2 aliphatic rings. The summed E-state index contributed by atoms with van der Waals surface area (Å²) in [5.41, 5.74) is 0. The Hall–Kier alpha value is -0.610. The molecule has 0 aromatic rings. The van der Waals surface area contributed by atoms with Crippen molar-refractivity contribution in [3.8, 4) is 0 Å². The Bertz CT molecular complexity index is 264. The normalized spacial score (nSPS) is 32.4. The lowest BCUT2D eigenvalue weighted by molar-refractivity contribution is -0.132. The summed E-state index contributed by atoms with van der Waals surface area (Å²) in [4.78, 5) is 12.0. The Morgan fingerprint density at radius 2 is 2.00 bits per heavy atom. The standard InChI is InChI=1S/C13H24N2O2/c1-9-3-4-12(17-9)13(16)15-10(2)11-5-7-14-8-6-11/h9-12,14H,3-8H2,1-2H3,(H,15,16). The van der Waals surface area contributed by atoms with Gasteiger partial charge < -0.3 is 15.4 Å². The zero-order chi connectivity index (χ0) is 12.3. The molecule has 4 nitrogen and oxygen atoms in total. The zero-order valence-corrected chi connectivity index (χ0v) is 10.9. The molecule has 3 unspecified atom stereocenters. The fraction of sp³-hybridized carbons (Fsp3) is 0.923. The van der Waals surface area contributed by atoms with Gasteiger partial charge >= 0.3 is 0 Å². The average Bonchev–Trinajstić information content (AvgIpc) is 2.77. The van der Waals surface area contributed by atoms with E-state index in [2.05, 4.69) is 17.6 Å². The quantitative estimate of drug-likeness (QED) is 0.775. The summed E-state index contributed by atoms with van der Waals surface area (Å²) in [5, 5.41) is 6.47. The van der Waals surface area contributed by atoms with E-state index in [0.29, 0.717) is 5.92 Å². The van der Waals surface area contributed by atoms with Crippen LogP contribution < -0.4 is 10.6 Å². The summed E-state index contributed by atoms with van der Waals surface area (Å²) in [6.07, 6.45) is 4.20. The van der Waals surface area contributed by atoms with Crippen LogP contribution in [0.5, 0.6) is 0 Å². The third kappa shape index (κ3) is 3.42. The summed E-state index contributed by atoms with van der Waals surface area (Å²) in [5.74, 6) is 0.694. The van der Waals surface area contributed by atoms with Gasteiger partial charge in [-0.2, -0.15) is 0 Å². The molecule has 0 aliphatic carbocycles. The van der Waals surface area contributed by atoms with E-state index in [4.69, 9.17) is 4.74 Å². The summed E-state index contributed by atoms with van der Waals surface area (Å²) < 4.78 is 5.59. The van der Waals surface area contributed by atoms with Crippen LogP contribution in [0, 0.1) is 5.92 Å². The predicted octanol–water partition coefficient (Wildman–Crippen LogP) is 1.06. The van der Waals surface area contributed by atoms with E-state index in [1.54, 1.807) is 0 Å². The van der Waals surface area contributed by atoms with Gasteiger partial charge in [0, 0.05) is 6.04 Å². The minimum atomic E-state index is -0.214. The fourth-order valence-corrected chi connectivity index (χ4v) is 2.77. The molecule has 0 spiro atoms. The molecule has 2 heterocycles. The monoisotopic (exact) mass is 240 g/mol. The molecule has 0 aromatic carbocycles. The van der Waals surface area contributed by atoms with Crippen molar-refractivity contribution in [3.05, 3.63) is 0 Å². The van der Waals surface area contributed by atoms with Gasteiger partial charge in [0.2, 0.25) is 5.91 Å². The molecule has 0 saturated carbocycles. The summed E-state index contributed by atoms with van der Waals surface area (Å²) in [6, 6.07) is 0.268. The molecule has 2 saturated heterocycles. The van der Waals surface area contributed by atoms with Crippen molar-refractivity contribution in [2.45, 2.75) is 57.8 Å². The number of carbonyl (C=O) groups excluding carboxylic acids is 1. The molecule has 2 aliphatic heterocycles. The third-order valence-electron chi connectivity index (χ3n) is 3.99. The van der Waals surface area contributed by atoms with Crippen molar-refractivity contribution >= 4 is 5.91 Å². The van der Waals surface area contributed by atoms with Gasteiger partial charge in [0.05, 0.1) is 6.10 Å². The maximum absolute atomic E-state index is 12.0. The molecule has 4 heteroatoms. The van der Waals surface area contributed by atoms with Gasteiger partial charge in [-0.15, -0.1) is 0 Å². The Morgan fingerprint density at radius 1 is 1.29 bits per heavy atom. The molecule has 2 rings (SSSR count). The number of nitrogens with one attached hydrogen (secondary N) is 2. The van der Waals surface area contributed by atoms with Crippen LogP contribution in [0.25, 0.3) is 0 Å². The minimum absolute atomic E-state index is 0.0837. The van der Waals surface area contributed by atoms with E-state index in [-0.39, 0.29) is 24.2 Å². The molecular weight excluding hydrogens is 216 g/mol. The number of ether oxygens (including phenoxy) is 1. The van der Waals surface area contributed by atoms with Crippen LogP contribution in [0.2, 0.25) is 0 Å². The molecule has 3 atom stereocenters. The maximum Gasteiger partial charge on any atom is 0.249 e. The van der Waals surface area contributed by atoms with E-state index in [1.165, 1.54) is 0 Å². The first-order valence-electron chi connectivity index (χ1n) is 6.83. The van der Waals surface area contributed by atoms with Crippen molar-refractivity contribution < 1.29 is 9.53 Å². The van der Waals surface area contributed by atoms with E-state index in [0.717, 1.165) is 38.8 Å². The van der Waals surface area contributed by atoms with Crippen LogP contribution in [0.15, 0.2) is 0 Å². The molecule has 0 aromatic heterocycles. The van der Waals surface area contributed by atoms with Crippen molar-refractivity contribution in [1.82, 2.24) is 10.6 Å². The lowest BCUT2D eigenvalue weighted by Gasteiger charge is -2.29. The molecule has 1 amide bonds. The number of piperidine rings is 1. The lowest BCUT2D eigenvalue weighted by Crippen LogP contribution is -2.46. The number of hydrogen-bond donors (Lipinski definition) is 2. The van der Waals surface area contributed by atoms with Gasteiger partial charge in [-0.25, -0.2) is 0 Å². The maximum atomic E-state index is 12.0.